The molecule has 0 aliphatic heterocycles. The van der Waals surface area contributed by atoms with Gasteiger partial charge >= 0.3 is 0 Å². The first-order valence-corrected chi connectivity index (χ1v) is 7.89. The van der Waals surface area contributed by atoms with Crippen LogP contribution in [0, 0.1) is 28.6 Å². The van der Waals surface area contributed by atoms with Gasteiger partial charge in [0.05, 0.1) is 0 Å². The molecule has 1 aliphatic carbocycles. The summed E-state index contributed by atoms with van der Waals surface area (Å²) < 4.78 is 0. The molecule has 4 atom stereocenters. The highest BCUT2D eigenvalue weighted by Crippen LogP contribution is 2.68. The molecule has 1 rings (SSSR count). The maximum Gasteiger partial charge on any atom is -0.0190 e. The van der Waals surface area contributed by atoms with E-state index in [1.165, 1.54) is 32.1 Å². The molecule has 0 amide bonds. The molecule has 0 saturated heterocycles. The zero-order chi connectivity index (χ0) is 13.3. The van der Waals surface area contributed by atoms with Gasteiger partial charge in [-0.1, -0.05) is 61.3 Å². The molecule has 17 heavy (non-hydrogen) atoms. The molecular formula is C17H34. The molecular weight excluding hydrogens is 204 g/mol. The lowest BCUT2D eigenvalue weighted by molar-refractivity contribution is -0.191. The van der Waals surface area contributed by atoms with Gasteiger partial charge in [0.25, 0.3) is 0 Å². The van der Waals surface area contributed by atoms with Crippen molar-refractivity contribution in [2.24, 2.45) is 28.6 Å². The Morgan fingerprint density at radius 3 is 2.00 bits per heavy atom. The highest BCUT2D eigenvalue weighted by Gasteiger charge is 2.61. The van der Waals surface area contributed by atoms with Crippen LogP contribution in [0.5, 0.6) is 0 Å². The van der Waals surface area contributed by atoms with Crippen molar-refractivity contribution < 1.29 is 0 Å². The van der Waals surface area contributed by atoms with Crippen molar-refractivity contribution in [2.75, 3.05) is 0 Å². The normalized spacial score (nSPS) is 37.9. The predicted molar refractivity (Wildman–Crippen MR) is 78.1 cm³/mol. The van der Waals surface area contributed by atoms with E-state index in [9.17, 15) is 0 Å². The van der Waals surface area contributed by atoms with Crippen molar-refractivity contribution in [3.8, 4) is 0 Å². The van der Waals surface area contributed by atoms with Crippen LogP contribution in [0.15, 0.2) is 0 Å². The quantitative estimate of drug-likeness (QED) is 0.539. The molecule has 102 valence electrons. The standard InChI is InChI=1S/C17H34/c1-8-11-15-13(4)14(5)17(15,10-3)16(6,7)12-9-2/h13-15H,8-12H2,1-7H3. The fourth-order valence-corrected chi connectivity index (χ4v) is 5.38. The maximum atomic E-state index is 2.53. The topological polar surface area (TPSA) is 0 Å². The van der Waals surface area contributed by atoms with Crippen LogP contribution >= 0.6 is 0 Å². The lowest BCUT2D eigenvalue weighted by Crippen LogP contribution is -2.61. The Kier molecular flexibility index (Phi) is 4.72. The van der Waals surface area contributed by atoms with Gasteiger partial charge in [0.15, 0.2) is 0 Å². The first-order chi connectivity index (χ1) is 7.89. The molecule has 0 bridgehead atoms. The van der Waals surface area contributed by atoms with Gasteiger partial charge < -0.3 is 0 Å². The van der Waals surface area contributed by atoms with Gasteiger partial charge in [-0.15, -0.1) is 0 Å². The molecule has 0 aromatic heterocycles. The van der Waals surface area contributed by atoms with E-state index in [1.807, 2.05) is 0 Å². The third kappa shape index (κ3) is 2.06. The molecule has 4 unspecified atom stereocenters. The van der Waals surface area contributed by atoms with Crippen molar-refractivity contribution in [3.63, 3.8) is 0 Å². The predicted octanol–water partition coefficient (Wildman–Crippen LogP) is 5.91. The minimum absolute atomic E-state index is 0.516. The smallest absolute Gasteiger partial charge is 0.0190 e. The zero-order valence-corrected chi connectivity index (χ0v) is 13.3. The molecule has 0 radical (unpaired) electrons. The zero-order valence-electron chi connectivity index (χ0n) is 13.3. The molecule has 0 N–H and O–H groups in total. The largest absolute Gasteiger partial charge is 0.0654 e. The van der Waals surface area contributed by atoms with Crippen LogP contribution in [-0.2, 0) is 0 Å². The summed E-state index contributed by atoms with van der Waals surface area (Å²) in [6.45, 7) is 17.2. The van der Waals surface area contributed by atoms with E-state index in [0.29, 0.717) is 10.8 Å². The fourth-order valence-electron chi connectivity index (χ4n) is 5.38. The van der Waals surface area contributed by atoms with Crippen molar-refractivity contribution in [1.82, 2.24) is 0 Å². The summed E-state index contributed by atoms with van der Waals surface area (Å²) >= 11 is 0. The molecule has 0 heteroatoms. The second-order valence-electron chi connectivity index (χ2n) is 7.07. The van der Waals surface area contributed by atoms with Crippen LogP contribution in [0.3, 0.4) is 0 Å². The SMILES string of the molecule is CCCC1C(C)C(C)C1(CC)C(C)(C)CCC. The fraction of sp³-hybridized carbons (Fsp3) is 1.00. The molecule has 1 fully saturated rings. The molecule has 0 spiro atoms. The van der Waals surface area contributed by atoms with Crippen LogP contribution < -0.4 is 0 Å². The number of rotatable bonds is 6. The summed E-state index contributed by atoms with van der Waals surface area (Å²) in [5.74, 6) is 2.81. The van der Waals surface area contributed by atoms with Crippen molar-refractivity contribution in [1.29, 1.82) is 0 Å². The molecule has 0 aromatic carbocycles. The highest BCUT2D eigenvalue weighted by atomic mass is 14.7. The minimum atomic E-state index is 0.516. The first-order valence-electron chi connectivity index (χ1n) is 7.89. The number of hydrogen-bond donors (Lipinski definition) is 0. The Hall–Kier alpha value is 0. The molecule has 0 nitrogen and oxygen atoms in total. The van der Waals surface area contributed by atoms with Gasteiger partial charge in [0.2, 0.25) is 0 Å². The number of hydrogen-bond acceptors (Lipinski definition) is 0. The van der Waals surface area contributed by atoms with E-state index in [-0.39, 0.29) is 0 Å². The van der Waals surface area contributed by atoms with Gasteiger partial charge in [-0.05, 0) is 47.8 Å². The Balaban J connectivity index is 3.00. The Bertz CT molecular complexity index is 240. The summed E-state index contributed by atoms with van der Waals surface area (Å²) in [5, 5.41) is 0. The van der Waals surface area contributed by atoms with Crippen LogP contribution in [0.4, 0.5) is 0 Å². The lowest BCUT2D eigenvalue weighted by Gasteiger charge is -2.67. The lowest BCUT2D eigenvalue weighted by atomic mass is 9.37. The molecule has 1 saturated carbocycles. The van der Waals surface area contributed by atoms with E-state index in [4.69, 9.17) is 0 Å². The third-order valence-electron chi connectivity index (χ3n) is 6.22. The average molecular weight is 238 g/mol. The second kappa shape index (κ2) is 5.33. The summed E-state index contributed by atoms with van der Waals surface area (Å²) in [6.07, 6.45) is 6.88. The van der Waals surface area contributed by atoms with Crippen molar-refractivity contribution in [2.45, 2.75) is 80.6 Å². The summed E-state index contributed by atoms with van der Waals surface area (Å²) in [4.78, 5) is 0. The van der Waals surface area contributed by atoms with Gasteiger partial charge in [0.1, 0.15) is 0 Å². The summed E-state index contributed by atoms with van der Waals surface area (Å²) in [5.41, 5.74) is 1.13. The van der Waals surface area contributed by atoms with E-state index < -0.39 is 0 Å². The van der Waals surface area contributed by atoms with E-state index in [2.05, 4.69) is 48.5 Å². The first kappa shape index (κ1) is 15.1. The van der Waals surface area contributed by atoms with E-state index in [1.54, 1.807) is 0 Å². The van der Waals surface area contributed by atoms with E-state index in [0.717, 1.165) is 17.8 Å². The third-order valence-corrected chi connectivity index (χ3v) is 6.22. The van der Waals surface area contributed by atoms with Gasteiger partial charge in [-0.3, -0.25) is 0 Å². The molecule has 1 aliphatic rings. The average Bonchev–Trinajstić information content (AvgIpc) is 2.28. The van der Waals surface area contributed by atoms with Gasteiger partial charge in [0, 0.05) is 0 Å². The van der Waals surface area contributed by atoms with Crippen LogP contribution in [0.1, 0.15) is 80.6 Å². The second-order valence-corrected chi connectivity index (χ2v) is 7.07. The molecule has 0 aromatic rings. The van der Waals surface area contributed by atoms with E-state index >= 15 is 0 Å². The highest BCUT2D eigenvalue weighted by molar-refractivity contribution is 5.09. The summed E-state index contributed by atoms with van der Waals surface area (Å²) in [7, 11) is 0. The van der Waals surface area contributed by atoms with Crippen molar-refractivity contribution in [3.05, 3.63) is 0 Å². The van der Waals surface area contributed by atoms with Crippen LogP contribution in [-0.4, -0.2) is 0 Å². The Labute approximate surface area is 110 Å². The van der Waals surface area contributed by atoms with Crippen molar-refractivity contribution >= 4 is 0 Å². The minimum Gasteiger partial charge on any atom is -0.0654 e. The van der Waals surface area contributed by atoms with Crippen LogP contribution in [0.25, 0.3) is 0 Å². The Morgan fingerprint density at radius 1 is 1.00 bits per heavy atom. The summed E-state index contributed by atoms with van der Waals surface area (Å²) in [6, 6.07) is 0. The van der Waals surface area contributed by atoms with Gasteiger partial charge in [-0.2, -0.15) is 0 Å². The van der Waals surface area contributed by atoms with Crippen LogP contribution in [0.2, 0.25) is 0 Å². The maximum absolute atomic E-state index is 2.53. The molecule has 0 heterocycles. The Morgan fingerprint density at radius 2 is 1.59 bits per heavy atom. The van der Waals surface area contributed by atoms with Gasteiger partial charge in [-0.25, -0.2) is 0 Å². The monoisotopic (exact) mass is 238 g/mol.